The Morgan fingerprint density at radius 2 is 1.72 bits per heavy atom. The Balaban J connectivity index is 2.86. The fourth-order valence-electron chi connectivity index (χ4n) is 1.59. The molecule has 1 atom stereocenters. The molecule has 0 fully saturated rings. The molecule has 102 valence electrons. The Hall–Kier alpha value is -1.25. The van der Waals surface area contributed by atoms with E-state index in [9.17, 15) is 4.39 Å². The first-order valence-corrected chi connectivity index (χ1v) is 6.61. The molecule has 0 saturated heterocycles. The smallest absolute Gasteiger partial charge is 0.148 e. The minimum absolute atomic E-state index is 0.174. The quantitative estimate of drug-likeness (QED) is 0.847. The standard InChI is InChI=1S/C15H25FN2/c1-10(2)12(5)17-13-7-8-15(14(16)9-13)18(6)11(3)4/h7-12,17H,1-6H3. The van der Waals surface area contributed by atoms with Crippen molar-refractivity contribution >= 4 is 11.4 Å². The summed E-state index contributed by atoms with van der Waals surface area (Å²) in [6, 6.07) is 5.97. The van der Waals surface area contributed by atoms with E-state index >= 15 is 0 Å². The lowest BCUT2D eigenvalue weighted by Gasteiger charge is -2.25. The van der Waals surface area contributed by atoms with E-state index in [1.54, 1.807) is 6.07 Å². The van der Waals surface area contributed by atoms with Crippen molar-refractivity contribution in [2.24, 2.45) is 5.92 Å². The lowest BCUT2D eigenvalue weighted by Crippen LogP contribution is -2.26. The van der Waals surface area contributed by atoms with Crippen LogP contribution in [0.5, 0.6) is 0 Å². The predicted molar refractivity (Wildman–Crippen MR) is 77.9 cm³/mol. The molecule has 0 aromatic heterocycles. The van der Waals surface area contributed by atoms with Gasteiger partial charge in [-0.15, -0.1) is 0 Å². The van der Waals surface area contributed by atoms with Crippen LogP contribution in [0.25, 0.3) is 0 Å². The maximum absolute atomic E-state index is 14.0. The molecule has 2 nitrogen and oxygen atoms in total. The number of nitrogens with one attached hydrogen (secondary N) is 1. The summed E-state index contributed by atoms with van der Waals surface area (Å²) in [7, 11) is 1.91. The van der Waals surface area contributed by atoms with Crippen molar-refractivity contribution in [3.05, 3.63) is 24.0 Å². The Morgan fingerprint density at radius 3 is 2.17 bits per heavy atom. The molecule has 0 aliphatic heterocycles. The topological polar surface area (TPSA) is 15.3 Å². The molecular weight excluding hydrogens is 227 g/mol. The maximum Gasteiger partial charge on any atom is 0.148 e. The first kappa shape index (κ1) is 14.8. The van der Waals surface area contributed by atoms with Crippen LogP contribution in [-0.2, 0) is 0 Å². The summed E-state index contributed by atoms with van der Waals surface area (Å²) in [6.07, 6.45) is 0. The van der Waals surface area contributed by atoms with Crippen LogP contribution in [0, 0.1) is 11.7 Å². The van der Waals surface area contributed by atoms with Gasteiger partial charge in [-0.3, -0.25) is 0 Å². The number of hydrogen-bond donors (Lipinski definition) is 1. The largest absolute Gasteiger partial charge is 0.382 e. The van der Waals surface area contributed by atoms with Gasteiger partial charge >= 0.3 is 0 Å². The normalized spacial score (nSPS) is 12.9. The summed E-state index contributed by atoms with van der Waals surface area (Å²) in [5.41, 5.74) is 1.49. The van der Waals surface area contributed by atoms with Gasteiger partial charge in [0, 0.05) is 24.8 Å². The van der Waals surface area contributed by atoms with Gasteiger partial charge in [-0.1, -0.05) is 13.8 Å². The Bertz CT molecular complexity index is 388. The fraction of sp³-hybridized carbons (Fsp3) is 0.600. The second kappa shape index (κ2) is 6.07. The van der Waals surface area contributed by atoms with E-state index in [2.05, 4.69) is 26.1 Å². The minimum Gasteiger partial charge on any atom is -0.382 e. The Labute approximate surface area is 110 Å². The molecule has 1 N–H and O–H groups in total. The van der Waals surface area contributed by atoms with Gasteiger partial charge < -0.3 is 10.2 Å². The molecule has 3 heteroatoms. The molecule has 0 aliphatic carbocycles. The van der Waals surface area contributed by atoms with Gasteiger partial charge in [-0.2, -0.15) is 0 Å². The predicted octanol–water partition coefficient (Wildman–Crippen LogP) is 4.13. The molecule has 0 aliphatic rings. The van der Waals surface area contributed by atoms with E-state index in [0.29, 0.717) is 17.6 Å². The third kappa shape index (κ3) is 3.62. The average molecular weight is 252 g/mol. The van der Waals surface area contributed by atoms with Crippen LogP contribution in [0.4, 0.5) is 15.8 Å². The van der Waals surface area contributed by atoms with E-state index in [4.69, 9.17) is 0 Å². The average Bonchev–Trinajstić information content (AvgIpc) is 2.28. The summed E-state index contributed by atoms with van der Waals surface area (Å²) in [6.45, 7) is 10.5. The molecule has 0 spiro atoms. The van der Waals surface area contributed by atoms with Crippen LogP contribution in [0.2, 0.25) is 0 Å². The first-order chi connectivity index (χ1) is 8.32. The highest BCUT2D eigenvalue weighted by Crippen LogP contribution is 2.24. The zero-order valence-electron chi connectivity index (χ0n) is 12.3. The highest BCUT2D eigenvalue weighted by atomic mass is 19.1. The van der Waals surface area contributed by atoms with Crippen molar-refractivity contribution in [1.29, 1.82) is 0 Å². The van der Waals surface area contributed by atoms with Crippen molar-refractivity contribution < 1.29 is 4.39 Å². The second-order valence-corrected chi connectivity index (χ2v) is 5.55. The Morgan fingerprint density at radius 1 is 1.11 bits per heavy atom. The van der Waals surface area contributed by atoms with Crippen LogP contribution in [0.1, 0.15) is 34.6 Å². The highest BCUT2D eigenvalue weighted by molar-refractivity contribution is 5.56. The van der Waals surface area contributed by atoms with Crippen LogP contribution < -0.4 is 10.2 Å². The molecule has 0 saturated carbocycles. The van der Waals surface area contributed by atoms with Crippen LogP contribution in [0.15, 0.2) is 18.2 Å². The van der Waals surface area contributed by atoms with Gasteiger partial charge in [0.15, 0.2) is 0 Å². The Kier molecular flexibility index (Phi) is 5.00. The van der Waals surface area contributed by atoms with Crippen molar-refractivity contribution in [3.8, 4) is 0 Å². The summed E-state index contributed by atoms with van der Waals surface area (Å²) in [4.78, 5) is 1.94. The van der Waals surface area contributed by atoms with Gasteiger partial charge in [-0.05, 0) is 44.9 Å². The molecule has 0 radical (unpaired) electrons. The second-order valence-electron chi connectivity index (χ2n) is 5.55. The zero-order valence-corrected chi connectivity index (χ0v) is 12.3. The number of nitrogens with zero attached hydrogens (tertiary/aromatic N) is 1. The van der Waals surface area contributed by atoms with Crippen molar-refractivity contribution in [2.45, 2.75) is 46.7 Å². The zero-order chi connectivity index (χ0) is 13.9. The molecular formula is C15H25FN2. The third-order valence-corrected chi connectivity index (χ3v) is 3.50. The van der Waals surface area contributed by atoms with Crippen LogP contribution in [-0.4, -0.2) is 19.1 Å². The fourth-order valence-corrected chi connectivity index (χ4v) is 1.59. The number of halogens is 1. The molecule has 18 heavy (non-hydrogen) atoms. The molecule has 1 aromatic rings. The van der Waals surface area contributed by atoms with Gasteiger partial charge in [-0.25, -0.2) is 4.39 Å². The molecule has 1 rings (SSSR count). The third-order valence-electron chi connectivity index (χ3n) is 3.50. The summed E-state index contributed by atoms with van der Waals surface area (Å²) < 4.78 is 14.0. The summed E-state index contributed by atoms with van der Waals surface area (Å²) in [5.74, 6) is 0.346. The van der Waals surface area contributed by atoms with Gasteiger partial charge in [0.2, 0.25) is 0 Å². The number of hydrogen-bond acceptors (Lipinski definition) is 2. The first-order valence-electron chi connectivity index (χ1n) is 6.61. The lowest BCUT2D eigenvalue weighted by molar-refractivity contribution is 0.558. The number of anilines is 2. The molecule has 0 amide bonds. The minimum atomic E-state index is -0.174. The highest BCUT2D eigenvalue weighted by Gasteiger charge is 2.12. The maximum atomic E-state index is 14.0. The van der Waals surface area contributed by atoms with Crippen molar-refractivity contribution in [1.82, 2.24) is 0 Å². The summed E-state index contributed by atoms with van der Waals surface area (Å²) in [5, 5.41) is 3.32. The van der Waals surface area contributed by atoms with E-state index in [1.165, 1.54) is 0 Å². The number of rotatable bonds is 5. The molecule has 0 heterocycles. The van der Waals surface area contributed by atoms with E-state index in [0.717, 1.165) is 5.69 Å². The van der Waals surface area contributed by atoms with Crippen LogP contribution in [0.3, 0.4) is 0 Å². The van der Waals surface area contributed by atoms with E-state index < -0.39 is 0 Å². The van der Waals surface area contributed by atoms with Crippen molar-refractivity contribution in [2.75, 3.05) is 17.3 Å². The number of benzene rings is 1. The van der Waals surface area contributed by atoms with Crippen molar-refractivity contribution in [3.63, 3.8) is 0 Å². The summed E-state index contributed by atoms with van der Waals surface area (Å²) >= 11 is 0. The molecule has 1 aromatic carbocycles. The monoisotopic (exact) mass is 252 g/mol. The SMILES string of the molecule is CC(C)C(C)Nc1ccc(N(C)C(C)C)c(F)c1. The van der Waals surface area contributed by atoms with E-state index in [1.807, 2.05) is 37.9 Å². The molecule has 0 bridgehead atoms. The van der Waals surface area contributed by atoms with Gasteiger partial charge in [0.25, 0.3) is 0 Å². The van der Waals surface area contributed by atoms with E-state index in [-0.39, 0.29) is 11.9 Å². The van der Waals surface area contributed by atoms with Gasteiger partial charge in [0.05, 0.1) is 5.69 Å². The molecule has 1 unspecified atom stereocenters. The lowest BCUT2D eigenvalue weighted by atomic mass is 10.1. The van der Waals surface area contributed by atoms with Crippen LogP contribution >= 0.6 is 0 Å². The van der Waals surface area contributed by atoms with Gasteiger partial charge in [0.1, 0.15) is 5.82 Å².